The second-order valence-corrected chi connectivity index (χ2v) is 10.5. The summed E-state index contributed by atoms with van der Waals surface area (Å²) in [7, 11) is -1.31. The lowest BCUT2D eigenvalue weighted by Crippen LogP contribution is -2.50. The minimum atomic E-state index is -3.08. The topological polar surface area (TPSA) is 86.7 Å². The summed E-state index contributed by atoms with van der Waals surface area (Å²) in [5.41, 5.74) is 0. The number of aromatic nitrogens is 1. The number of nitrogens with zero attached hydrogens (tertiary/aromatic N) is 3. The van der Waals surface area contributed by atoms with Crippen molar-refractivity contribution >= 4 is 39.1 Å². The van der Waals surface area contributed by atoms with Gasteiger partial charge in [-0.3, -0.25) is 4.99 Å². The number of rotatable bonds is 9. The Balaban J connectivity index is 1.64. The maximum Gasteiger partial charge on any atom is 0.214 e. The molecule has 2 heterocycles. The number of thioether (sulfide) groups is 1. The lowest BCUT2D eigenvalue weighted by molar-refractivity contribution is 0.306. The van der Waals surface area contributed by atoms with Gasteiger partial charge in [0, 0.05) is 50.1 Å². The van der Waals surface area contributed by atoms with Crippen LogP contribution in [0.25, 0.3) is 0 Å². The molecule has 0 bridgehead atoms. The maximum absolute atomic E-state index is 12.1. The molecule has 0 unspecified atom stereocenters. The van der Waals surface area contributed by atoms with E-state index < -0.39 is 10.0 Å². The van der Waals surface area contributed by atoms with Crippen LogP contribution < -0.4 is 10.6 Å². The molecule has 0 radical (unpaired) electrons. The van der Waals surface area contributed by atoms with Crippen LogP contribution in [-0.2, 0) is 10.0 Å². The van der Waals surface area contributed by atoms with Crippen molar-refractivity contribution in [2.75, 3.05) is 38.2 Å². The van der Waals surface area contributed by atoms with Gasteiger partial charge in [-0.2, -0.15) is 0 Å². The Morgan fingerprint density at radius 3 is 2.85 bits per heavy atom. The summed E-state index contributed by atoms with van der Waals surface area (Å²) in [4.78, 5) is 8.53. The highest BCUT2D eigenvalue weighted by Gasteiger charge is 2.27. The van der Waals surface area contributed by atoms with Crippen LogP contribution in [0.4, 0.5) is 0 Å². The van der Waals surface area contributed by atoms with Crippen molar-refractivity contribution in [3.63, 3.8) is 0 Å². The predicted molar refractivity (Wildman–Crippen MR) is 111 cm³/mol. The van der Waals surface area contributed by atoms with E-state index in [1.54, 1.807) is 34.5 Å². The summed E-state index contributed by atoms with van der Waals surface area (Å²) >= 11 is 3.44. The Bertz CT molecular complexity index is 641. The molecule has 0 amide bonds. The number of thiazole rings is 1. The summed E-state index contributed by atoms with van der Waals surface area (Å²) in [6, 6.07) is 0.263. The zero-order chi connectivity index (χ0) is 18.8. The van der Waals surface area contributed by atoms with Crippen molar-refractivity contribution in [3.8, 4) is 0 Å². The monoisotopic (exact) mass is 419 g/mol. The lowest BCUT2D eigenvalue weighted by atomic mass is 10.1. The highest BCUT2D eigenvalue weighted by atomic mass is 32.2. The van der Waals surface area contributed by atoms with E-state index >= 15 is 0 Å². The average molecular weight is 420 g/mol. The first kappa shape index (κ1) is 21.5. The standard InChI is InChI=1S/C16H29N5O2S3/c1-3-13-26(22,23)21-9-5-14(6-10-21)20-15(17-2)18-7-4-11-24-16-19-8-12-25-16/h8,12,14H,3-7,9-11,13H2,1-2H3,(H2,17,18,20). The normalized spacial score (nSPS) is 17.4. The zero-order valence-electron chi connectivity index (χ0n) is 15.5. The second-order valence-electron chi connectivity index (χ2n) is 6.13. The van der Waals surface area contributed by atoms with Crippen molar-refractivity contribution < 1.29 is 8.42 Å². The molecule has 2 N–H and O–H groups in total. The number of guanidine groups is 1. The molecular weight excluding hydrogens is 390 g/mol. The van der Waals surface area contributed by atoms with Crippen molar-refractivity contribution in [3.05, 3.63) is 11.6 Å². The Labute approximate surface area is 165 Å². The van der Waals surface area contributed by atoms with E-state index in [2.05, 4.69) is 20.6 Å². The van der Waals surface area contributed by atoms with E-state index in [1.165, 1.54) is 0 Å². The van der Waals surface area contributed by atoms with Crippen LogP contribution in [0.3, 0.4) is 0 Å². The highest BCUT2D eigenvalue weighted by Crippen LogP contribution is 2.20. The molecule has 0 aliphatic carbocycles. The zero-order valence-corrected chi connectivity index (χ0v) is 17.9. The third kappa shape index (κ3) is 7.05. The summed E-state index contributed by atoms with van der Waals surface area (Å²) in [5.74, 6) is 2.05. The molecule has 1 aromatic rings. The molecule has 26 heavy (non-hydrogen) atoms. The quantitative estimate of drug-likeness (QED) is 0.276. The van der Waals surface area contributed by atoms with E-state index in [4.69, 9.17) is 0 Å². The summed E-state index contributed by atoms with van der Waals surface area (Å²) < 4.78 is 27.0. The first-order valence-corrected chi connectivity index (χ1v) is 12.5. The summed E-state index contributed by atoms with van der Waals surface area (Å²) in [6.45, 7) is 3.92. The molecule has 0 spiro atoms. The largest absolute Gasteiger partial charge is 0.356 e. The highest BCUT2D eigenvalue weighted by molar-refractivity contribution is 8.01. The molecule has 1 aliphatic rings. The van der Waals surface area contributed by atoms with Gasteiger partial charge in [-0.05, 0) is 25.7 Å². The molecule has 1 aliphatic heterocycles. The number of aliphatic imine (C=N–C) groups is 1. The van der Waals surface area contributed by atoms with Crippen molar-refractivity contribution in [2.24, 2.45) is 4.99 Å². The number of hydrogen-bond acceptors (Lipinski definition) is 6. The fourth-order valence-corrected chi connectivity index (χ4v) is 5.96. The predicted octanol–water partition coefficient (Wildman–Crippen LogP) is 1.99. The van der Waals surface area contributed by atoms with Gasteiger partial charge >= 0.3 is 0 Å². The number of nitrogens with one attached hydrogen (secondary N) is 2. The molecule has 0 saturated carbocycles. The maximum atomic E-state index is 12.1. The molecule has 1 fully saturated rings. The Morgan fingerprint density at radius 1 is 1.46 bits per heavy atom. The van der Waals surface area contributed by atoms with Gasteiger partial charge in [0.05, 0.1) is 5.75 Å². The van der Waals surface area contributed by atoms with Crippen LogP contribution in [0.15, 0.2) is 20.9 Å². The second kappa shape index (κ2) is 11.1. The Hall–Kier alpha value is -0.840. The fraction of sp³-hybridized carbons (Fsp3) is 0.750. The molecule has 1 saturated heterocycles. The van der Waals surface area contributed by atoms with Crippen LogP contribution in [0, 0.1) is 0 Å². The van der Waals surface area contributed by atoms with Crippen molar-refractivity contribution in [1.29, 1.82) is 0 Å². The van der Waals surface area contributed by atoms with E-state index in [9.17, 15) is 8.42 Å². The van der Waals surface area contributed by atoms with E-state index in [0.29, 0.717) is 19.5 Å². The van der Waals surface area contributed by atoms with Gasteiger partial charge in [0.15, 0.2) is 5.96 Å². The molecular formula is C16H29N5O2S3. The van der Waals surface area contributed by atoms with E-state index in [-0.39, 0.29) is 11.8 Å². The molecule has 0 atom stereocenters. The van der Waals surface area contributed by atoms with Crippen molar-refractivity contribution in [1.82, 2.24) is 19.9 Å². The number of sulfonamides is 1. The minimum absolute atomic E-state index is 0.243. The number of hydrogen-bond donors (Lipinski definition) is 2. The van der Waals surface area contributed by atoms with Gasteiger partial charge in [0.1, 0.15) is 4.34 Å². The van der Waals surface area contributed by atoms with E-state index in [1.807, 2.05) is 18.5 Å². The van der Waals surface area contributed by atoms with Gasteiger partial charge in [-0.1, -0.05) is 18.7 Å². The Kier molecular flexibility index (Phi) is 9.17. The first-order chi connectivity index (χ1) is 12.5. The van der Waals surface area contributed by atoms with Gasteiger partial charge in [-0.15, -0.1) is 11.3 Å². The lowest BCUT2D eigenvalue weighted by Gasteiger charge is -2.32. The third-order valence-corrected chi connectivity index (χ3v) is 8.25. The third-order valence-electron chi connectivity index (χ3n) is 4.12. The van der Waals surface area contributed by atoms with Crippen LogP contribution in [0.5, 0.6) is 0 Å². The van der Waals surface area contributed by atoms with Crippen LogP contribution in [0.1, 0.15) is 32.6 Å². The molecule has 10 heteroatoms. The van der Waals surface area contributed by atoms with Gasteiger partial charge < -0.3 is 10.6 Å². The van der Waals surface area contributed by atoms with Crippen LogP contribution >= 0.6 is 23.1 Å². The minimum Gasteiger partial charge on any atom is -0.356 e. The van der Waals surface area contributed by atoms with Crippen LogP contribution in [0.2, 0.25) is 0 Å². The molecule has 0 aromatic carbocycles. The first-order valence-electron chi connectivity index (χ1n) is 9.02. The van der Waals surface area contributed by atoms with E-state index in [0.717, 1.165) is 41.9 Å². The smallest absolute Gasteiger partial charge is 0.214 e. The van der Waals surface area contributed by atoms with Gasteiger partial charge in [0.2, 0.25) is 10.0 Å². The summed E-state index contributed by atoms with van der Waals surface area (Å²) in [5, 5.41) is 8.74. The molecule has 2 rings (SSSR count). The SMILES string of the molecule is CCCS(=O)(=O)N1CCC(NC(=NC)NCCCSc2nccs2)CC1. The van der Waals surface area contributed by atoms with Gasteiger partial charge in [0.25, 0.3) is 0 Å². The summed E-state index contributed by atoms with van der Waals surface area (Å²) in [6.07, 6.45) is 5.14. The van der Waals surface area contributed by atoms with Crippen molar-refractivity contribution in [2.45, 2.75) is 43.0 Å². The molecule has 148 valence electrons. The van der Waals surface area contributed by atoms with Crippen LogP contribution in [-0.4, -0.2) is 67.9 Å². The Morgan fingerprint density at radius 2 is 2.23 bits per heavy atom. The molecule has 1 aromatic heterocycles. The average Bonchev–Trinajstić information content (AvgIpc) is 3.14. The molecule has 7 nitrogen and oxygen atoms in total. The number of piperidine rings is 1. The van der Waals surface area contributed by atoms with Gasteiger partial charge in [-0.25, -0.2) is 17.7 Å². The fourth-order valence-electron chi connectivity index (χ4n) is 2.77.